The number of hydrogen-bond donors (Lipinski definition) is 0. The lowest BCUT2D eigenvalue weighted by atomic mass is 9.83. The summed E-state index contributed by atoms with van der Waals surface area (Å²) in [5, 5.41) is 3.63. The van der Waals surface area contributed by atoms with Crippen molar-refractivity contribution in [1.82, 2.24) is 0 Å². The highest BCUT2D eigenvalue weighted by Gasteiger charge is 2.68. The zero-order valence-electron chi connectivity index (χ0n) is 5.65. The summed E-state index contributed by atoms with van der Waals surface area (Å²) in [4.78, 5) is 0. The average Bonchev–Trinajstić information content (AvgIpc) is 2.82. The molecule has 0 fully saturated rings. The minimum Gasteiger partial charge on any atom is -0.0631 e. The molecular formula is C10H2Si. The molecule has 1 heteroatoms. The minimum absolute atomic E-state index is 0.948. The fraction of sp³-hybridized carbons (Fsp3) is 0.200. The van der Waals surface area contributed by atoms with E-state index in [2.05, 4.69) is 0 Å². The van der Waals surface area contributed by atoms with E-state index in [9.17, 15) is 0 Å². The lowest BCUT2D eigenvalue weighted by molar-refractivity contribution is 1.09. The fourth-order valence-corrected chi connectivity index (χ4v) is 5.18. The molecule has 0 bridgehead atoms. The molecule has 1 aliphatic heterocycles. The van der Waals surface area contributed by atoms with Gasteiger partial charge in [0.25, 0.3) is 0 Å². The van der Waals surface area contributed by atoms with Crippen molar-refractivity contribution in [1.29, 1.82) is 0 Å². The number of hydrogen-bond acceptors (Lipinski definition) is 0. The molecule has 2 radical (unpaired) electrons. The summed E-state index contributed by atoms with van der Waals surface area (Å²) in [6.45, 7) is 0. The quantitative estimate of drug-likeness (QED) is 0.413. The minimum atomic E-state index is 0.948. The van der Waals surface area contributed by atoms with Crippen LogP contribution in [-0.2, 0) is 0 Å². The van der Waals surface area contributed by atoms with Crippen LogP contribution in [-0.4, -0.2) is 9.52 Å². The van der Waals surface area contributed by atoms with Gasteiger partial charge in [-0.15, -0.1) is 0 Å². The molecule has 5 aliphatic rings. The Hall–Kier alpha value is -0.823. The summed E-state index contributed by atoms with van der Waals surface area (Å²) >= 11 is 0. The van der Waals surface area contributed by atoms with E-state index in [-0.39, 0.29) is 0 Å². The second-order valence-corrected chi connectivity index (χ2v) is 5.51. The third-order valence-corrected chi connectivity index (χ3v) is 5.56. The van der Waals surface area contributed by atoms with E-state index in [1.54, 1.807) is 38.6 Å². The smallest absolute Gasteiger partial charge is 0.0631 e. The van der Waals surface area contributed by atoms with Crippen LogP contribution in [0, 0.1) is 0 Å². The van der Waals surface area contributed by atoms with Crippen LogP contribution in [0.2, 0.25) is 0 Å². The first-order valence-electron chi connectivity index (χ1n) is 4.23. The van der Waals surface area contributed by atoms with Crippen molar-refractivity contribution in [2.45, 2.75) is 11.8 Å². The fourth-order valence-electron chi connectivity index (χ4n) is 3.34. The van der Waals surface area contributed by atoms with Gasteiger partial charge in [0, 0.05) is 11.8 Å². The Balaban J connectivity index is 2.13. The van der Waals surface area contributed by atoms with Crippen molar-refractivity contribution >= 4 is 20.3 Å². The molecule has 0 aromatic heterocycles. The average molecular weight is 150 g/mol. The van der Waals surface area contributed by atoms with Crippen molar-refractivity contribution in [3.8, 4) is 0 Å². The summed E-state index contributed by atoms with van der Waals surface area (Å²) in [5.74, 6) is 1.91. The highest BCUT2D eigenvalue weighted by Crippen LogP contribution is 2.79. The Bertz CT molecular complexity index is 538. The third kappa shape index (κ3) is 0.167. The second kappa shape index (κ2) is 0.674. The summed E-state index contributed by atoms with van der Waals surface area (Å²) < 4.78 is 0. The molecule has 0 N–H and O–H groups in total. The van der Waals surface area contributed by atoms with Crippen LogP contribution < -0.4 is 5.19 Å². The van der Waals surface area contributed by atoms with Gasteiger partial charge in [0.15, 0.2) is 0 Å². The molecule has 46 valence electrons. The van der Waals surface area contributed by atoms with Gasteiger partial charge in [-0.05, 0) is 38.6 Å². The number of rotatable bonds is 0. The van der Waals surface area contributed by atoms with Gasteiger partial charge in [-0.3, -0.25) is 0 Å². The SMILES string of the molecule is [Si]1C2=C3C4=C(C5=C2C2=C1C52)C34. The molecular weight excluding hydrogens is 148 g/mol. The Kier molecular flexibility index (Phi) is 0.228. The van der Waals surface area contributed by atoms with E-state index in [1.807, 2.05) is 5.20 Å². The zero-order chi connectivity index (χ0) is 6.48. The molecule has 11 heavy (non-hydrogen) atoms. The normalized spacial score (nSPS) is 38.2. The maximum atomic E-state index is 1.83. The standard InChI is InChI=1S/C10H2Si/c11-9-5-2-1(3(2)5)4-6(9)8-7(4)10(8)11/h2,7H. The van der Waals surface area contributed by atoms with Crippen LogP contribution in [0.1, 0.15) is 39.7 Å². The molecule has 6 rings (SSSR count). The van der Waals surface area contributed by atoms with Gasteiger partial charge in [-0.2, -0.15) is 0 Å². The van der Waals surface area contributed by atoms with Crippen LogP contribution in [0.3, 0.4) is 0 Å². The lowest BCUT2D eigenvalue weighted by Gasteiger charge is -2.27. The molecule has 1 aromatic carbocycles. The van der Waals surface area contributed by atoms with Crippen LogP contribution in [0.15, 0.2) is 5.20 Å². The summed E-state index contributed by atoms with van der Waals surface area (Å²) in [5.41, 5.74) is 10.7. The molecule has 0 amide bonds. The van der Waals surface area contributed by atoms with Crippen molar-refractivity contribution in [3.05, 3.63) is 33.0 Å². The first-order chi connectivity index (χ1) is 5.48. The summed E-state index contributed by atoms with van der Waals surface area (Å²) in [6.07, 6.45) is 0. The molecule has 0 spiro atoms. The van der Waals surface area contributed by atoms with Gasteiger partial charge >= 0.3 is 0 Å². The van der Waals surface area contributed by atoms with Crippen molar-refractivity contribution < 1.29 is 0 Å². The molecule has 2 unspecified atom stereocenters. The zero-order valence-corrected chi connectivity index (χ0v) is 6.65. The van der Waals surface area contributed by atoms with E-state index >= 15 is 0 Å². The van der Waals surface area contributed by atoms with E-state index in [0.29, 0.717) is 0 Å². The van der Waals surface area contributed by atoms with Crippen LogP contribution in [0.4, 0.5) is 0 Å². The Morgan fingerprint density at radius 1 is 0.909 bits per heavy atom. The molecule has 0 nitrogen and oxygen atoms in total. The predicted octanol–water partition coefficient (Wildman–Crippen LogP) is 0.659. The second-order valence-electron chi connectivity index (χ2n) is 4.22. The maximum Gasteiger partial charge on any atom is 0.118 e. The number of fused-ring (bicyclic) bond motifs is 6. The van der Waals surface area contributed by atoms with Crippen molar-refractivity contribution in [2.75, 3.05) is 0 Å². The Labute approximate surface area is 65.7 Å². The molecule has 2 atom stereocenters. The highest BCUT2D eigenvalue weighted by atomic mass is 28.2. The van der Waals surface area contributed by atoms with Gasteiger partial charge in [0.1, 0.15) is 9.52 Å². The largest absolute Gasteiger partial charge is 0.118 e. The highest BCUT2D eigenvalue weighted by molar-refractivity contribution is 6.73. The summed E-state index contributed by atoms with van der Waals surface area (Å²) in [7, 11) is 1.12. The third-order valence-electron chi connectivity index (χ3n) is 3.96. The Morgan fingerprint density at radius 3 is 2.45 bits per heavy atom. The van der Waals surface area contributed by atoms with Gasteiger partial charge in [0.2, 0.25) is 0 Å². The predicted molar refractivity (Wildman–Crippen MR) is 42.4 cm³/mol. The van der Waals surface area contributed by atoms with Gasteiger partial charge in [-0.25, -0.2) is 0 Å². The maximum absolute atomic E-state index is 1.83. The van der Waals surface area contributed by atoms with E-state index in [4.69, 9.17) is 0 Å². The molecule has 4 aliphatic carbocycles. The molecule has 1 aromatic rings. The lowest BCUT2D eigenvalue weighted by Crippen LogP contribution is -2.29. The van der Waals surface area contributed by atoms with Gasteiger partial charge < -0.3 is 0 Å². The van der Waals surface area contributed by atoms with Crippen molar-refractivity contribution in [2.24, 2.45) is 0 Å². The molecule has 0 saturated heterocycles. The van der Waals surface area contributed by atoms with Crippen molar-refractivity contribution in [3.63, 3.8) is 0 Å². The first kappa shape index (κ1) is 3.72. The number of allylic oxidation sites excluding steroid dienone is 2. The summed E-state index contributed by atoms with van der Waals surface area (Å²) in [6, 6.07) is 0. The number of benzene rings is 1. The molecule has 1 heterocycles. The topological polar surface area (TPSA) is 0 Å². The monoisotopic (exact) mass is 150 g/mol. The van der Waals surface area contributed by atoms with E-state index in [0.717, 1.165) is 21.4 Å². The van der Waals surface area contributed by atoms with Gasteiger partial charge in [-0.1, -0.05) is 5.20 Å². The van der Waals surface area contributed by atoms with Crippen LogP contribution >= 0.6 is 0 Å². The molecule has 0 saturated carbocycles. The van der Waals surface area contributed by atoms with Crippen LogP contribution in [0.25, 0.3) is 5.57 Å². The first-order valence-corrected chi connectivity index (χ1v) is 5.23. The Morgan fingerprint density at radius 2 is 1.73 bits per heavy atom. The van der Waals surface area contributed by atoms with E-state index in [1.165, 1.54) is 0 Å². The van der Waals surface area contributed by atoms with Gasteiger partial charge in [0.05, 0.1) is 0 Å². The van der Waals surface area contributed by atoms with E-state index < -0.39 is 0 Å². The van der Waals surface area contributed by atoms with Crippen LogP contribution in [0.5, 0.6) is 0 Å².